The van der Waals surface area contributed by atoms with E-state index in [9.17, 15) is 4.79 Å². The Labute approximate surface area is 158 Å². The molecule has 0 bridgehead atoms. The molecule has 0 unspecified atom stereocenters. The van der Waals surface area contributed by atoms with Gasteiger partial charge in [0.2, 0.25) is 0 Å². The molecule has 2 heterocycles. The van der Waals surface area contributed by atoms with E-state index in [0.717, 1.165) is 36.2 Å². The average molecular weight is 365 g/mol. The van der Waals surface area contributed by atoms with E-state index in [0.29, 0.717) is 23.6 Å². The highest BCUT2D eigenvalue weighted by Gasteiger charge is 2.28. The number of amides is 1. The number of rotatable bonds is 4. The topological polar surface area (TPSA) is 67.5 Å². The number of methoxy groups -OCH3 is 2. The van der Waals surface area contributed by atoms with Crippen molar-refractivity contribution in [2.24, 2.45) is 0 Å². The molecule has 6 heteroatoms. The molecule has 0 spiro atoms. The summed E-state index contributed by atoms with van der Waals surface area (Å²) in [5.74, 6) is 2.34. The Morgan fingerprint density at radius 3 is 2.81 bits per heavy atom. The van der Waals surface area contributed by atoms with Crippen LogP contribution in [0.3, 0.4) is 0 Å². The Kier molecular flexibility index (Phi) is 4.71. The van der Waals surface area contributed by atoms with Crippen molar-refractivity contribution in [1.29, 1.82) is 0 Å². The molecule has 1 N–H and O–H groups in total. The number of carbonyl (C=O) groups excluding carboxylic acids is 1. The number of hydrogen-bond acceptors (Lipinski definition) is 4. The molecule has 3 aromatic rings. The second kappa shape index (κ2) is 7.31. The van der Waals surface area contributed by atoms with E-state index in [2.05, 4.69) is 4.98 Å². The first-order valence-corrected chi connectivity index (χ1v) is 9.15. The molecule has 27 heavy (non-hydrogen) atoms. The van der Waals surface area contributed by atoms with E-state index in [1.165, 1.54) is 0 Å². The van der Waals surface area contributed by atoms with Gasteiger partial charge in [-0.05, 0) is 37.1 Å². The summed E-state index contributed by atoms with van der Waals surface area (Å²) in [5.41, 5.74) is 2.56. The van der Waals surface area contributed by atoms with E-state index >= 15 is 0 Å². The van der Waals surface area contributed by atoms with Crippen molar-refractivity contribution in [1.82, 2.24) is 14.9 Å². The molecule has 4 rings (SSSR count). The number of ether oxygens (including phenoxy) is 2. The lowest BCUT2D eigenvalue weighted by molar-refractivity contribution is 0.0701. The van der Waals surface area contributed by atoms with Gasteiger partial charge in [-0.25, -0.2) is 4.98 Å². The van der Waals surface area contributed by atoms with Crippen molar-refractivity contribution in [2.45, 2.75) is 18.8 Å². The predicted molar refractivity (Wildman–Crippen MR) is 104 cm³/mol. The van der Waals surface area contributed by atoms with Crippen molar-refractivity contribution in [3.63, 3.8) is 0 Å². The standard InChI is InChI=1S/C21H23N3O3/c1-26-15-9-10-16(19(12-15)27-2)21(25)24-11-5-6-14(13-24)20-22-17-7-3-4-8-18(17)23-20/h3-4,7-10,12,14H,5-6,11,13H2,1-2H3,(H,22,23)/t14-/m1/s1. The van der Waals surface area contributed by atoms with Crippen LogP contribution in [-0.4, -0.2) is 48.1 Å². The van der Waals surface area contributed by atoms with Gasteiger partial charge in [0.25, 0.3) is 5.91 Å². The zero-order valence-corrected chi connectivity index (χ0v) is 15.6. The lowest BCUT2D eigenvalue weighted by Gasteiger charge is -2.32. The lowest BCUT2D eigenvalue weighted by Crippen LogP contribution is -2.39. The Balaban J connectivity index is 1.56. The number of nitrogens with zero attached hydrogens (tertiary/aromatic N) is 2. The first kappa shape index (κ1) is 17.4. The van der Waals surface area contributed by atoms with Crippen molar-refractivity contribution in [2.75, 3.05) is 27.3 Å². The van der Waals surface area contributed by atoms with Crippen LogP contribution in [0.5, 0.6) is 11.5 Å². The number of nitrogens with one attached hydrogen (secondary N) is 1. The van der Waals surface area contributed by atoms with Crippen LogP contribution >= 0.6 is 0 Å². The number of aromatic amines is 1. The Hall–Kier alpha value is -3.02. The monoisotopic (exact) mass is 365 g/mol. The number of carbonyl (C=O) groups is 1. The normalized spacial score (nSPS) is 17.1. The number of fused-ring (bicyclic) bond motifs is 1. The van der Waals surface area contributed by atoms with Gasteiger partial charge in [0, 0.05) is 25.1 Å². The first-order valence-electron chi connectivity index (χ1n) is 9.15. The summed E-state index contributed by atoms with van der Waals surface area (Å²) in [6.45, 7) is 1.39. The van der Waals surface area contributed by atoms with E-state index in [4.69, 9.17) is 14.5 Å². The average Bonchev–Trinajstić information content (AvgIpc) is 3.17. The largest absolute Gasteiger partial charge is 0.497 e. The highest BCUT2D eigenvalue weighted by molar-refractivity contribution is 5.97. The summed E-state index contributed by atoms with van der Waals surface area (Å²) in [4.78, 5) is 23.1. The molecule has 1 aliphatic rings. The fraction of sp³-hybridized carbons (Fsp3) is 0.333. The number of likely N-dealkylation sites (tertiary alicyclic amines) is 1. The number of benzene rings is 2. The molecule has 0 saturated carbocycles. The van der Waals surface area contributed by atoms with Crippen LogP contribution in [0.4, 0.5) is 0 Å². The van der Waals surface area contributed by atoms with E-state index in [-0.39, 0.29) is 11.8 Å². The van der Waals surface area contributed by atoms with Crippen LogP contribution in [0.1, 0.15) is 34.9 Å². The minimum absolute atomic E-state index is 0.0182. The van der Waals surface area contributed by atoms with E-state index in [1.807, 2.05) is 29.2 Å². The molecule has 1 aromatic heterocycles. The predicted octanol–water partition coefficient (Wildman–Crippen LogP) is 3.60. The maximum atomic E-state index is 13.1. The summed E-state index contributed by atoms with van der Waals surface area (Å²) in [7, 11) is 3.16. The van der Waals surface area contributed by atoms with Gasteiger partial charge in [-0.15, -0.1) is 0 Å². The van der Waals surface area contributed by atoms with Crippen LogP contribution < -0.4 is 9.47 Å². The molecule has 2 aromatic carbocycles. The second-order valence-corrected chi connectivity index (χ2v) is 6.80. The number of imidazole rings is 1. The fourth-order valence-electron chi connectivity index (χ4n) is 3.70. The molecular weight excluding hydrogens is 342 g/mol. The number of hydrogen-bond donors (Lipinski definition) is 1. The third kappa shape index (κ3) is 3.35. The summed E-state index contributed by atoms with van der Waals surface area (Å²) >= 11 is 0. The molecule has 1 aliphatic heterocycles. The quantitative estimate of drug-likeness (QED) is 0.767. The number of aromatic nitrogens is 2. The smallest absolute Gasteiger partial charge is 0.257 e. The van der Waals surface area contributed by atoms with E-state index in [1.54, 1.807) is 32.4 Å². The van der Waals surface area contributed by atoms with E-state index < -0.39 is 0 Å². The molecule has 1 saturated heterocycles. The third-order valence-corrected chi connectivity index (χ3v) is 5.14. The molecule has 1 fully saturated rings. The SMILES string of the molecule is COc1ccc(C(=O)N2CCC[C@@H](c3nc4ccccc4[nH]3)C2)c(OC)c1. The lowest BCUT2D eigenvalue weighted by atomic mass is 9.96. The highest BCUT2D eigenvalue weighted by atomic mass is 16.5. The van der Waals surface area contributed by atoms with Crippen LogP contribution in [0, 0.1) is 0 Å². The Morgan fingerprint density at radius 2 is 2.04 bits per heavy atom. The molecule has 6 nitrogen and oxygen atoms in total. The fourth-order valence-corrected chi connectivity index (χ4v) is 3.70. The van der Waals surface area contributed by atoms with Crippen LogP contribution in [-0.2, 0) is 0 Å². The summed E-state index contributed by atoms with van der Waals surface area (Å²) in [6, 6.07) is 13.3. The minimum Gasteiger partial charge on any atom is -0.497 e. The van der Waals surface area contributed by atoms with Crippen LogP contribution in [0.15, 0.2) is 42.5 Å². The zero-order valence-electron chi connectivity index (χ0n) is 15.6. The van der Waals surface area contributed by atoms with Crippen molar-refractivity contribution >= 4 is 16.9 Å². The Morgan fingerprint density at radius 1 is 1.19 bits per heavy atom. The van der Waals surface area contributed by atoms with Gasteiger partial charge in [-0.3, -0.25) is 4.79 Å². The third-order valence-electron chi connectivity index (χ3n) is 5.14. The van der Waals surface area contributed by atoms with Gasteiger partial charge in [0.1, 0.15) is 17.3 Å². The summed E-state index contributed by atoms with van der Waals surface area (Å²) in [5, 5.41) is 0. The number of para-hydroxylation sites is 2. The van der Waals surface area contributed by atoms with Crippen molar-refractivity contribution < 1.29 is 14.3 Å². The number of H-pyrrole nitrogens is 1. The zero-order chi connectivity index (χ0) is 18.8. The van der Waals surface area contributed by atoms with Gasteiger partial charge in [0.05, 0.1) is 30.8 Å². The minimum atomic E-state index is -0.0182. The molecule has 140 valence electrons. The van der Waals surface area contributed by atoms with Gasteiger partial charge < -0.3 is 19.4 Å². The highest BCUT2D eigenvalue weighted by Crippen LogP contribution is 2.30. The Bertz CT molecular complexity index is 933. The van der Waals surface area contributed by atoms with Gasteiger partial charge in [-0.1, -0.05) is 12.1 Å². The van der Waals surface area contributed by atoms with Gasteiger partial charge in [0.15, 0.2) is 0 Å². The maximum absolute atomic E-state index is 13.1. The first-order chi connectivity index (χ1) is 13.2. The van der Waals surface area contributed by atoms with Gasteiger partial charge in [-0.2, -0.15) is 0 Å². The maximum Gasteiger partial charge on any atom is 0.257 e. The van der Waals surface area contributed by atoms with Gasteiger partial charge >= 0.3 is 0 Å². The second-order valence-electron chi connectivity index (χ2n) is 6.80. The molecule has 1 atom stereocenters. The van der Waals surface area contributed by atoms with Crippen LogP contribution in [0.25, 0.3) is 11.0 Å². The summed E-state index contributed by atoms with van der Waals surface area (Å²) in [6.07, 6.45) is 1.97. The summed E-state index contributed by atoms with van der Waals surface area (Å²) < 4.78 is 10.6. The molecule has 0 radical (unpaired) electrons. The molecule has 0 aliphatic carbocycles. The molecule has 1 amide bonds. The van der Waals surface area contributed by atoms with Crippen molar-refractivity contribution in [3.8, 4) is 11.5 Å². The molecular formula is C21H23N3O3. The number of piperidine rings is 1. The van der Waals surface area contributed by atoms with Crippen LogP contribution in [0.2, 0.25) is 0 Å². The van der Waals surface area contributed by atoms with Crippen molar-refractivity contribution in [3.05, 3.63) is 53.9 Å².